The summed E-state index contributed by atoms with van der Waals surface area (Å²) in [7, 11) is -2.45. The van der Waals surface area contributed by atoms with Crippen molar-refractivity contribution >= 4 is 27.3 Å². The van der Waals surface area contributed by atoms with Crippen molar-refractivity contribution in [1.29, 1.82) is 0 Å². The van der Waals surface area contributed by atoms with Crippen molar-refractivity contribution in [3.63, 3.8) is 0 Å². The number of amides is 1. The molecule has 0 fully saturated rings. The summed E-state index contributed by atoms with van der Waals surface area (Å²) in [5.41, 5.74) is 2.25. The van der Waals surface area contributed by atoms with Crippen molar-refractivity contribution in [2.75, 3.05) is 23.3 Å². The van der Waals surface area contributed by atoms with E-state index in [9.17, 15) is 13.2 Å². The Morgan fingerprint density at radius 3 is 2.19 bits per heavy atom. The second kappa shape index (κ2) is 10.8. The molecule has 6 nitrogen and oxygen atoms in total. The molecule has 0 aliphatic rings. The van der Waals surface area contributed by atoms with Gasteiger partial charge in [-0.15, -0.1) is 0 Å². The van der Waals surface area contributed by atoms with Crippen LogP contribution >= 0.6 is 0 Å². The fourth-order valence-corrected chi connectivity index (χ4v) is 4.67. The number of carbonyl (C=O) groups excluding carboxylic acids is 1. The van der Waals surface area contributed by atoms with E-state index in [0.29, 0.717) is 17.1 Å². The molecule has 3 aromatic carbocycles. The highest BCUT2D eigenvalue weighted by molar-refractivity contribution is 7.92. The number of ether oxygens (including phenoxy) is 1. The third kappa shape index (κ3) is 5.88. The number of nitrogens with zero attached hydrogens (tertiary/aromatic N) is 1. The van der Waals surface area contributed by atoms with Crippen LogP contribution in [0.5, 0.6) is 5.75 Å². The van der Waals surface area contributed by atoms with Crippen LogP contribution in [0, 0.1) is 0 Å². The summed E-state index contributed by atoms with van der Waals surface area (Å²) < 4.78 is 33.0. The molecule has 3 aromatic rings. The summed E-state index contributed by atoms with van der Waals surface area (Å²) >= 11 is 0. The number of aryl methyl sites for hydroxylation is 1. The standard InChI is InChI=1S/C25H28N2O4S/c1-3-4-8-20-11-13-21(14-12-20)26-25(28)19-27(22-9-6-5-7-10-22)32(29,30)24-17-15-23(31-2)16-18-24/h5-7,9-18H,3-4,8,19H2,1-2H3,(H,26,28). The molecule has 0 atom stereocenters. The smallest absolute Gasteiger partial charge is 0.264 e. The average Bonchev–Trinajstić information content (AvgIpc) is 2.82. The van der Waals surface area contributed by atoms with Gasteiger partial charge in [-0.25, -0.2) is 8.42 Å². The number of anilines is 2. The first-order valence-electron chi connectivity index (χ1n) is 10.5. The van der Waals surface area contributed by atoms with E-state index < -0.39 is 15.9 Å². The zero-order valence-electron chi connectivity index (χ0n) is 18.3. The molecule has 0 unspecified atom stereocenters. The van der Waals surface area contributed by atoms with Crippen molar-refractivity contribution in [2.45, 2.75) is 31.1 Å². The van der Waals surface area contributed by atoms with Crippen LogP contribution in [0.4, 0.5) is 11.4 Å². The molecule has 3 rings (SSSR count). The molecule has 0 radical (unpaired) electrons. The van der Waals surface area contributed by atoms with Gasteiger partial charge in [0.1, 0.15) is 12.3 Å². The maximum Gasteiger partial charge on any atom is 0.264 e. The van der Waals surface area contributed by atoms with Crippen LogP contribution in [0.15, 0.2) is 83.8 Å². The van der Waals surface area contributed by atoms with Crippen LogP contribution in [-0.2, 0) is 21.2 Å². The van der Waals surface area contributed by atoms with Crippen LogP contribution in [0.25, 0.3) is 0 Å². The van der Waals surface area contributed by atoms with E-state index in [1.165, 1.54) is 24.8 Å². The minimum atomic E-state index is -3.97. The third-order valence-electron chi connectivity index (χ3n) is 5.04. The Morgan fingerprint density at radius 1 is 0.938 bits per heavy atom. The van der Waals surface area contributed by atoms with Gasteiger partial charge < -0.3 is 10.1 Å². The van der Waals surface area contributed by atoms with E-state index >= 15 is 0 Å². The van der Waals surface area contributed by atoms with Crippen molar-refractivity contribution in [3.8, 4) is 5.75 Å². The first-order valence-corrected chi connectivity index (χ1v) is 12.0. The van der Waals surface area contributed by atoms with Gasteiger partial charge in [0.2, 0.25) is 5.91 Å². The Morgan fingerprint density at radius 2 is 1.59 bits per heavy atom. The van der Waals surface area contributed by atoms with Gasteiger partial charge in [-0.05, 0) is 66.9 Å². The fraction of sp³-hybridized carbons (Fsp3) is 0.240. The van der Waals surface area contributed by atoms with Crippen LogP contribution in [0.3, 0.4) is 0 Å². The SMILES string of the molecule is CCCCc1ccc(NC(=O)CN(c2ccccc2)S(=O)(=O)c2ccc(OC)cc2)cc1. The number of para-hydroxylation sites is 1. The van der Waals surface area contributed by atoms with E-state index in [-0.39, 0.29) is 11.4 Å². The first kappa shape index (κ1) is 23.3. The van der Waals surface area contributed by atoms with E-state index in [2.05, 4.69) is 12.2 Å². The molecule has 0 aliphatic carbocycles. The third-order valence-corrected chi connectivity index (χ3v) is 6.82. The normalized spacial score (nSPS) is 11.1. The van der Waals surface area contributed by atoms with Gasteiger partial charge in [0.05, 0.1) is 17.7 Å². The molecule has 7 heteroatoms. The summed E-state index contributed by atoms with van der Waals surface area (Å²) in [6.07, 6.45) is 3.23. The molecule has 1 N–H and O–H groups in total. The molecule has 0 saturated heterocycles. The lowest BCUT2D eigenvalue weighted by atomic mass is 10.1. The molecule has 0 bridgehead atoms. The summed E-state index contributed by atoms with van der Waals surface area (Å²) in [6.45, 7) is 1.79. The van der Waals surface area contributed by atoms with Crippen LogP contribution < -0.4 is 14.4 Å². The minimum absolute atomic E-state index is 0.0789. The van der Waals surface area contributed by atoms with Crippen LogP contribution in [-0.4, -0.2) is 28.0 Å². The highest BCUT2D eigenvalue weighted by atomic mass is 32.2. The van der Waals surface area contributed by atoms with Gasteiger partial charge in [-0.2, -0.15) is 0 Å². The number of methoxy groups -OCH3 is 1. The van der Waals surface area contributed by atoms with Gasteiger partial charge in [0.15, 0.2) is 0 Å². The number of sulfonamides is 1. The van der Waals surface area contributed by atoms with Crippen molar-refractivity contribution in [2.24, 2.45) is 0 Å². The second-order valence-corrected chi connectivity index (χ2v) is 9.23. The number of carbonyl (C=O) groups is 1. The largest absolute Gasteiger partial charge is 0.497 e. The lowest BCUT2D eigenvalue weighted by molar-refractivity contribution is -0.114. The van der Waals surface area contributed by atoms with E-state index in [1.807, 2.05) is 24.3 Å². The first-order chi connectivity index (χ1) is 15.4. The molecule has 1 amide bonds. The van der Waals surface area contributed by atoms with Crippen molar-refractivity contribution in [3.05, 3.63) is 84.4 Å². The number of hydrogen-bond donors (Lipinski definition) is 1. The minimum Gasteiger partial charge on any atom is -0.497 e. The molecule has 32 heavy (non-hydrogen) atoms. The lowest BCUT2D eigenvalue weighted by Crippen LogP contribution is -2.38. The maximum absolute atomic E-state index is 13.4. The van der Waals surface area contributed by atoms with Gasteiger partial charge >= 0.3 is 0 Å². The zero-order chi connectivity index (χ0) is 23.0. The molecular formula is C25H28N2O4S. The van der Waals surface area contributed by atoms with Crippen molar-refractivity contribution < 1.29 is 17.9 Å². The molecule has 0 aromatic heterocycles. The van der Waals surface area contributed by atoms with E-state index in [4.69, 9.17) is 4.74 Å². The summed E-state index contributed by atoms with van der Waals surface area (Å²) in [5.74, 6) is 0.127. The highest BCUT2D eigenvalue weighted by Crippen LogP contribution is 2.25. The van der Waals surface area contributed by atoms with Gasteiger partial charge in [-0.1, -0.05) is 43.7 Å². The fourth-order valence-electron chi connectivity index (χ4n) is 3.25. The number of hydrogen-bond acceptors (Lipinski definition) is 4. The molecule has 0 heterocycles. The summed E-state index contributed by atoms with van der Waals surface area (Å²) in [5, 5.41) is 2.80. The van der Waals surface area contributed by atoms with E-state index in [0.717, 1.165) is 23.6 Å². The Bertz CT molecular complexity index is 1110. The molecule has 0 saturated carbocycles. The number of rotatable bonds is 10. The quantitative estimate of drug-likeness (QED) is 0.476. The number of nitrogens with one attached hydrogen (secondary N) is 1. The van der Waals surface area contributed by atoms with Crippen molar-refractivity contribution in [1.82, 2.24) is 0 Å². The molecule has 168 valence electrons. The summed E-state index contributed by atoms with van der Waals surface area (Å²) in [4.78, 5) is 12.9. The highest BCUT2D eigenvalue weighted by Gasteiger charge is 2.27. The lowest BCUT2D eigenvalue weighted by Gasteiger charge is -2.24. The number of unbranched alkanes of at least 4 members (excludes halogenated alkanes) is 1. The van der Waals surface area contributed by atoms with Crippen LogP contribution in [0.2, 0.25) is 0 Å². The zero-order valence-corrected chi connectivity index (χ0v) is 19.1. The predicted octanol–water partition coefficient (Wildman–Crippen LogP) is 4.87. The topological polar surface area (TPSA) is 75.7 Å². The second-order valence-electron chi connectivity index (χ2n) is 7.37. The average molecular weight is 453 g/mol. The molecule has 0 spiro atoms. The molecular weight excluding hydrogens is 424 g/mol. The Kier molecular flexibility index (Phi) is 7.89. The van der Waals surface area contributed by atoms with Gasteiger partial charge in [0.25, 0.3) is 10.0 Å². The van der Waals surface area contributed by atoms with E-state index in [1.54, 1.807) is 42.5 Å². The predicted molar refractivity (Wildman–Crippen MR) is 128 cm³/mol. The maximum atomic E-state index is 13.4. The molecule has 0 aliphatic heterocycles. The van der Waals surface area contributed by atoms with Crippen LogP contribution in [0.1, 0.15) is 25.3 Å². The Labute approximate surface area is 189 Å². The van der Waals surface area contributed by atoms with Gasteiger partial charge in [-0.3, -0.25) is 9.10 Å². The number of benzene rings is 3. The Balaban J connectivity index is 1.81. The van der Waals surface area contributed by atoms with Gasteiger partial charge in [0, 0.05) is 5.69 Å². The Hall–Kier alpha value is -3.32. The summed E-state index contributed by atoms with van der Waals surface area (Å²) in [6, 6.07) is 22.3. The monoisotopic (exact) mass is 452 g/mol.